The number of amides is 1. The Bertz CT molecular complexity index is 1350. The van der Waals surface area contributed by atoms with Gasteiger partial charge in [0, 0.05) is 17.8 Å². The van der Waals surface area contributed by atoms with Gasteiger partial charge in [-0.1, -0.05) is 30.3 Å². The van der Waals surface area contributed by atoms with Crippen LogP contribution in [0.2, 0.25) is 0 Å². The number of hydrogen-bond acceptors (Lipinski definition) is 5. The van der Waals surface area contributed by atoms with Crippen molar-refractivity contribution < 1.29 is 13.9 Å². The SMILES string of the molecule is C[C@H](NC(=O)c1ccco1)[C@H](Oc1ccc2c(cnn2-c2ccncc2)c1)c1ccccc1. The first kappa shape index (κ1) is 20.5. The topological polar surface area (TPSA) is 82.2 Å². The molecule has 0 radical (unpaired) electrons. The molecule has 7 heteroatoms. The van der Waals surface area contributed by atoms with Gasteiger partial charge in [0.1, 0.15) is 11.9 Å². The quantitative estimate of drug-likeness (QED) is 0.389. The number of pyridine rings is 1. The lowest BCUT2D eigenvalue weighted by molar-refractivity contribution is 0.0854. The Morgan fingerprint density at radius 2 is 1.85 bits per heavy atom. The van der Waals surface area contributed by atoms with Crippen LogP contribution in [0.3, 0.4) is 0 Å². The number of furan rings is 1. The Labute approximate surface area is 190 Å². The lowest BCUT2D eigenvalue weighted by Crippen LogP contribution is -2.39. The summed E-state index contributed by atoms with van der Waals surface area (Å²) in [5.74, 6) is 0.662. The number of nitrogens with one attached hydrogen (secondary N) is 1. The predicted molar refractivity (Wildman–Crippen MR) is 124 cm³/mol. The van der Waals surface area contributed by atoms with Gasteiger partial charge in [0.05, 0.1) is 29.7 Å². The van der Waals surface area contributed by atoms with Crippen molar-refractivity contribution in [3.8, 4) is 11.4 Å². The van der Waals surface area contributed by atoms with Crippen LogP contribution in [0.25, 0.3) is 16.6 Å². The fourth-order valence-electron chi connectivity index (χ4n) is 3.78. The number of fused-ring (bicyclic) bond motifs is 1. The van der Waals surface area contributed by atoms with Crippen LogP contribution >= 0.6 is 0 Å². The van der Waals surface area contributed by atoms with Gasteiger partial charge in [-0.2, -0.15) is 5.10 Å². The summed E-state index contributed by atoms with van der Waals surface area (Å²) in [6, 6.07) is 22.5. The average Bonchev–Trinajstić information content (AvgIpc) is 3.54. The molecule has 0 spiro atoms. The Morgan fingerprint density at radius 3 is 2.61 bits per heavy atom. The monoisotopic (exact) mass is 438 g/mol. The molecule has 3 heterocycles. The second kappa shape index (κ2) is 9.00. The molecule has 0 aliphatic rings. The molecule has 2 aromatic carbocycles. The van der Waals surface area contributed by atoms with Gasteiger partial charge < -0.3 is 14.5 Å². The largest absolute Gasteiger partial charge is 0.484 e. The van der Waals surface area contributed by atoms with E-state index in [-0.39, 0.29) is 17.7 Å². The van der Waals surface area contributed by atoms with E-state index >= 15 is 0 Å². The lowest BCUT2D eigenvalue weighted by Gasteiger charge is -2.26. The summed E-state index contributed by atoms with van der Waals surface area (Å²) in [7, 11) is 0. The Kier molecular flexibility index (Phi) is 5.59. The normalized spacial score (nSPS) is 12.9. The van der Waals surface area contributed by atoms with E-state index in [0.717, 1.165) is 22.2 Å². The van der Waals surface area contributed by atoms with Crippen molar-refractivity contribution in [1.82, 2.24) is 20.1 Å². The van der Waals surface area contributed by atoms with Crippen LogP contribution in [-0.2, 0) is 0 Å². The highest BCUT2D eigenvalue weighted by Gasteiger charge is 2.24. The zero-order valence-electron chi connectivity index (χ0n) is 18.0. The van der Waals surface area contributed by atoms with Crippen molar-refractivity contribution in [3.05, 3.63) is 109 Å². The number of aromatic nitrogens is 3. The molecular formula is C26H22N4O3. The van der Waals surface area contributed by atoms with E-state index in [4.69, 9.17) is 9.15 Å². The highest BCUT2D eigenvalue weighted by atomic mass is 16.5. The number of benzene rings is 2. The molecule has 33 heavy (non-hydrogen) atoms. The Morgan fingerprint density at radius 1 is 1.03 bits per heavy atom. The van der Waals surface area contributed by atoms with Crippen molar-refractivity contribution >= 4 is 16.8 Å². The fraction of sp³-hybridized carbons (Fsp3) is 0.115. The van der Waals surface area contributed by atoms with Crippen LogP contribution < -0.4 is 10.1 Å². The van der Waals surface area contributed by atoms with Gasteiger partial charge in [-0.3, -0.25) is 9.78 Å². The molecule has 3 aromatic heterocycles. The highest BCUT2D eigenvalue weighted by Crippen LogP contribution is 2.29. The van der Waals surface area contributed by atoms with Crippen LogP contribution in [0.1, 0.15) is 29.1 Å². The number of carbonyl (C=O) groups is 1. The van der Waals surface area contributed by atoms with Gasteiger partial charge in [0.25, 0.3) is 5.91 Å². The Hall–Kier alpha value is -4.39. The zero-order chi connectivity index (χ0) is 22.6. The molecule has 0 saturated carbocycles. The van der Waals surface area contributed by atoms with Crippen molar-refractivity contribution in [3.63, 3.8) is 0 Å². The van der Waals surface area contributed by atoms with Crippen LogP contribution in [0.4, 0.5) is 0 Å². The summed E-state index contributed by atoms with van der Waals surface area (Å²) < 4.78 is 13.5. The molecule has 1 amide bonds. The molecule has 2 atom stereocenters. The van der Waals surface area contributed by atoms with E-state index in [0.29, 0.717) is 5.75 Å². The maximum Gasteiger partial charge on any atom is 0.287 e. The maximum atomic E-state index is 12.5. The van der Waals surface area contributed by atoms with Crippen LogP contribution in [0.5, 0.6) is 5.75 Å². The molecule has 0 bridgehead atoms. The first-order valence-corrected chi connectivity index (χ1v) is 10.6. The molecule has 164 valence electrons. The van der Waals surface area contributed by atoms with E-state index < -0.39 is 6.10 Å². The third-order valence-corrected chi connectivity index (χ3v) is 5.40. The second-order valence-electron chi connectivity index (χ2n) is 7.67. The average molecular weight is 438 g/mol. The number of carbonyl (C=O) groups excluding carboxylic acids is 1. The van der Waals surface area contributed by atoms with E-state index in [9.17, 15) is 4.79 Å². The van der Waals surface area contributed by atoms with Crippen molar-refractivity contribution in [2.75, 3.05) is 0 Å². The summed E-state index contributed by atoms with van der Waals surface area (Å²) in [6.45, 7) is 1.92. The van der Waals surface area contributed by atoms with Gasteiger partial charge in [0.15, 0.2) is 5.76 Å². The summed E-state index contributed by atoms with van der Waals surface area (Å²) in [6.07, 6.45) is 6.36. The minimum absolute atomic E-state index is 0.263. The number of nitrogens with zero attached hydrogens (tertiary/aromatic N) is 3. The molecule has 0 unspecified atom stereocenters. The standard InChI is InChI=1S/C26H22N4O3/c1-18(29-26(31)24-8-5-15-32-24)25(19-6-3-2-4-7-19)33-22-9-10-23-20(16-22)17-28-30(23)21-11-13-27-14-12-21/h2-18,25H,1H3,(H,29,31)/t18-,25-/m0/s1. The summed E-state index contributed by atoms with van der Waals surface area (Å²) in [5.41, 5.74) is 2.85. The minimum Gasteiger partial charge on any atom is -0.484 e. The molecule has 0 saturated heterocycles. The summed E-state index contributed by atoms with van der Waals surface area (Å²) >= 11 is 0. The van der Waals surface area contributed by atoms with Gasteiger partial charge >= 0.3 is 0 Å². The summed E-state index contributed by atoms with van der Waals surface area (Å²) in [4.78, 5) is 16.6. The molecule has 0 fully saturated rings. The van der Waals surface area contributed by atoms with Gasteiger partial charge in [-0.15, -0.1) is 0 Å². The van der Waals surface area contributed by atoms with Crippen LogP contribution in [0, 0.1) is 0 Å². The number of ether oxygens (including phenoxy) is 1. The van der Waals surface area contributed by atoms with Crippen LogP contribution in [-0.4, -0.2) is 26.7 Å². The van der Waals surface area contributed by atoms with Gasteiger partial charge in [-0.25, -0.2) is 4.68 Å². The molecular weight excluding hydrogens is 416 g/mol. The number of hydrogen-bond donors (Lipinski definition) is 1. The number of rotatable bonds is 7. The highest BCUT2D eigenvalue weighted by molar-refractivity contribution is 5.91. The van der Waals surface area contributed by atoms with Gasteiger partial charge in [0.2, 0.25) is 0 Å². The van der Waals surface area contributed by atoms with E-state index in [2.05, 4.69) is 15.4 Å². The van der Waals surface area contributed by atoms with Gasteiger partial charge in [-0.05, 0) is 55.0 Å². The minimum atomic E-state index is -0.405. The smallest absolute Gasteiger partial charge is 0.287 e. The summed E-state index contributed by atoms with van der Waals surface area (Å²) in [5, 5.41) is 8.44. The Balaban J connectivity index is 1.42. The molecule has 5 aromatic rings. The molecule has 0 aliphatic heterocycles. The molecule has 7 nitrogen and oxygen atoms in total. The van der Waals surface area contributed by atoms with Crippen LogP contribution in [0.15, 0.2) is 102 Å². The molecule has 5 rings (SSSR count). The lowest BCUT2D eigenvalue weighted by atomic mass is 10.0. The van der Waals surface area contributed by atoms with E-state index in [1.165, 1.54) is 6.26 Å². The first-order valence-electron chi connectivity index (χ1n) is 10.6. The van der Waals surface area contributed by atoms with Crippen molar-refractivity contribution in [2.45, 2.75) is 19.1 Å². The third-order valence-electron chi connectivity index (χ3n) is 5.40. The first-order chi connectivity index (χ1) is 16.2. The maximum absolute atomic E-state index is 12.5. The molecule has 1 N–H and O–H groups in total. The van der Waals surface area contributed by atoms with E-state index in [1.807, 2.05) is 78.5 Å². The fourth-order valence-corrected chi connectivity index (χ4v) is 3.78. The van der Waals surface area contributed by atoms with E-state index in [1.54, 1.807) is 24.5 Å². The van der Waals surface area contributed by atoms with Crippen molar-refractivity contribution in [1.29, 1.82) is 0 Å². The predicted octanol–water partition coefficient (Wildman–Crippen LogP) is 4.95. The third kappa shape index (κ3) is 4.34. The second-order valence-corrected chi connectivity index (χ2v) is 7.67. The van der Waals surface area contributed by atoms with Crippen molar-refractivity contribution in [2.24, 2.45) is 0 Å². The zero-order valence-corrected chi connectivity index (χ0v) is 18.0. The molecule has 0 aliphatic carbocycles.